The second-order valence-electron chi connectivity index (χ2n) is 3.25. The van der Waals surface area contributed by atoms with Gasteiger partial charge >= 0.3 is 0 Å². The number of nitrogens with one attached hydrogen (secondary N) is 1. The Hall–Kier alpha value is -1.75. The van der Waals surface area contributed by atoms with E-state index < -0.39 is 0 Å². The van der Waals surface area contributed by atoms with Crippen LogP contribution in [0.2, 0.25) is 5.02 Å². The lowest BCUT2D eigenvalue weighted by atomic mass is 10.5. The monoisotopic (exact) mass is 253 g/mol. The van der Waals surface area contributed by atoms with Crippen molar-refractivity contribution in [1.82, 2.24) is 9.97 Å². The van der Waals surface area contributed by atoms with Crippen molar-refractivity contribution in [1.29, 1.82) is 0 Å². The van der Waals surface area contributed by atoms with E-state index in [0.29, 0.717) is 22.6 Å². The number of hydrogen-bond donors (Lipinski definition) is 1. The van der Waals surface area contributed by atoms with E-state index in [1.807, 2.05) is 13.0 Å². The quantitative estimate of drug-likeness (QED) is 0.888. The first kappa shape index (κ1) is 11.7. The predicted octanol–water partition coefficient (Wildman–Crippen LogP) is 2.73. The molecular weight excluding hydrogens is 242 g/mol. The van der Waals surface area contributed by atoms with Crippen LogP contribution in [0.1, 0.15) is 12.7 Å². The first-order chi connectivity index (χ1) is 8.29. The van der Waals surface area contributed by atoms with Gasteiger partial charge in [0, 0.05) is 6.54 Å². The zero-order valence-corrected chi connectivity index (χ0v) is 10.1. The Balaban J connectivity index is 2.06. The SMILES string of the molecule is CCNc1ncc(Cl)c(OCc2ccco2)n1. The Morgan fingerprint density at radius 2 is 2.41 bits per heavy atom. The number of hydrogen-bond acceptors (Lipinski definition) is 5. The fourth-order valence-corrected chi connectivity index (χ4v) is 1.38. The van der Waals surface area contributed by atoms with Crippen LogP contribution in [0, 0.1) is 0 Å². The maximum absolute atomic E-state index is 5.93. The average molecular weight is 254 g/mol. The fraction of sp³-hybridized carbons (Fsp3) is 0.273. The normalized spacial score (nSPS) is 10.2. The molecule has 90 valence electrons. The third-order valence-electron chi connectivity index (χ3n) is 1.98. The molecule has 0 aliphatic rings. The summed E-state index contributed by atoms with van der Waals surface area (Å²) in [6, 6.07) is 3.62. The van der Waals surface area contributed by atoms with E-state index in [1.165, 1.54) is 6.20 Å². The molecule has 1 N–H and O–H groups in total. The molecule has 0 fully saturated rings. The van der Waals surface area contributed by atoms with Crippen molar-refractivity contribution in [3.8, 4) is 5.88 Å². The van der Waals surface area contributed by atoms with Gasteiger partial charge in [-0.3, -0.25) is 0 Å². The lowest BCUT2D eigenvalue weighted by Crippen LogP contribution is -2.04. The van der Waals surface area contributed by atoms with Gasteiger partial charge in [0.1, 0.15) is 17.4 Å². The van der Waals surface area contributed by atoms with Gasteiger partial charge in [0.25, 0.3) is 0 Å². The molecule has 0 bridgehead atoms. The summed E-state index contributed by atoms with van der Waals surface area (Å²) < 4.78 is 10.6. The van der Waals surface area contributed by atoms with Crippen LogP contribution in [-0.2, 0) is 6.61 Å². The minimum absolute atomic E-state index is 0.287. The molecule has 0 saturated heterocycles. The Morgan fingerprint density at radius 1 is 1.53 bits per heavy atom. The number of anilines is 1. The minimum Gasteiger partial charge on any atom is -0.468 e. The van der Waals surface area contributed by atoms with Crippen molar-refractivity contribution in [3.63, 3.8) is 0 Å². The zero-order valence-electron chi connectivity index (χ0n) is 9.31. The highest BCUT2D eigenvalue weighted by Crippen LogP contribution is 2.22. The van der Waals surface area contributed by atoms with Gasteiger partial charge in [-0.15, -0.1) is 0 Å². The van der Waals surface area contributed by atoms with E-state index >= 15 is 0 Å². The van der Waals surface area contributed by atoms with E-state index in [4.69, 9.17) is 20.8 Å². The van der Waals surface area contributed by atoms with Gasteiger partial charge in [0.15, 0.2) is 0 Å². The van der Waals surface area contributed by atoms with Gasteiger partial charge in [0.05, 0.1) is 12.5 Å². The van der Waals surface area contributed by atoms with Gasteiger partial charge in [-0.05, 0) is 19.1 Å². The predicted molar refractivity (Wildman–Crippen MR) is 64.2 cm³/mol. The number of rotatable bonds is 5. The van der Waals surface area contributed by atoms with Crippen LogP contribution in [-0.4, -0.2) is 16.5 Å². The van der Waals surface area contributed by atoms with E-state index in [1.54, 1.807) is 12.3 Å². The summed E-state index contributed by atoms with van der Waals surface area (Å²) in [4.78, 5) is 8.16. The first-order valence-electron chi connectivity index (χ1n) is 5.21. The van der Waals surface area contributed by atoms with Crippen LogP contribution in [0.4, 0.5) is 5.95 Å². The summed E-state index contributed by atoms with van der Waals surface area (Å²) in [7, 11) is 0. The molecule has 6 heteroatoms. The number of ether oxygens (including phenoxy) is 1. The van der Waals surface area contributed by atoms with Gasteiger partial charge in [-0.25, -0.2) is 4.98 Å². The molecule has 0 atom stereocenters. The second-order valence-corrected chi connectivity index (χ2v) is 3.65. The second kappa shape index (κ2) is 5.54. The van der Waals surface area contributed by atoms with E-state index in [-0.39, 0.29) is 6.61 Å². The molecule has 2 rings (SSSR count). The summed E-state index contributed by atoms with van der Waals surface area (Å²) in [6.07, 6.45) is 3.09. The molecule has 5 nitrogen and oxygen atoms in total. The fourth-order valence-electron chi connectivity index (χ4n) is 1.23. The number of furan rings is 1. The third-order valence-corrected chi connectivity index (χ3v) is 2.24. The number of aromatic nitrogens is 2. The van der Waals surface area contributed by atoms with Crippen LogP contribution in [0.5, 0.6) is 5.88 Å². The van der Waals surface area contributed by atoms with Gasteiger partial charge < -0.3 is 14.5 Å². The highest BCUT2D eigenvalue weighted by atomic mass is 35.5. The summed E-state index contributed by atoms with van der Waals surface area (Å²) >= 11 is 5.93. The van der Waals surface area contributed by atoms with Gasteiger partial charge in [-0.2, -0.15) is 4.98 Å². The van der Waals surface area contributed by atoms with Crippen LogP contribution in [0.15, 0.2) is 29.0 Å². The molecule has 2 heterocycles. The Kier molecular flexibility index (Phi) is 3.82. The molecule has 0 radical (unpaired) electrons. The highest BCUT2D eigenvalue weighted by molar-refractivity contribution is 6.31. The average Bonchev–Trinajstić information content (AvgIpc) is 2.83. The van der Waals surface area contributed by atoms with Gasteiger partial charge in [-0.1, -0.05) is 11.6 Å². The third kappa shape index (κ3) is 3.10. The number of halogens is 1. The molecule has 0 aliphatic carbocycles. The standard InChI is InChI=1S/C11H12ClN3O2/c1-2-13-11-14-6-9(12)10(15-11)17-7-8-4-3-5-16-8/h3-6H,2,7H2,1H3,(H,13,14,15). The van der Waals surface area contributed by atoms with Crippen LogP contribution in [0.25, 0.3) is 0 Å². The lowest BCUT2D eigenvalue weighted by Gasteiger charge is -2.07. The summed E-state index contributed by atoms with van der Waals surface area (Å²) in [5, 5.41) is 3.36. The molecule has 2 aromatic heterocycles. The topological polar surface area (TPSA) is 60.2 Å². The van der Waals surface area contributed by atoms with Crippen molar-refractivity contribution in [3.05, 3.63) is 35.4 Å². The van der Waals surface area contributed by atoms with Crippen LogP contribution < -0.4 is 10.1 Å². The van der Waals surface area contributed by atoms with Crippen molar-refractivity contribution >= 4 is 17.5 Å². The first-order valence-corrected chi connectivity index (χ1v) is 5.59. The maximum Gasteiger partial charge on any atom is 0.237 e. The molecular formula is C11H12ClN3O2. The zero-order chi connectivity index (χ0) is 12.1. The van der Waals surface area contributed by atoms with Crippen molar-refractivity contribution < 1.29 is 9.15 Å². The van der Waals surface area contributed by atoms with E-state index in [2.05, 4.69) is 15.3 Å². The summed E-state index contributed by atoms with van der Waals surface area (Å²) in [5.41, 5.74) is 0. The molecule has 0 saturated carbocycles. The minimum atomic E-state index is 0.287. The largest absolute Gasteiger partial charge is 0.468 e. The molecule has 0 spiro atoms. The van der Waals surface area contributed by atoms with E-state index in [9.17, 15) is 0 Å². The van der Waals surface area contributed by atoms with Crippen molar-refractivity contribution in [2.24, 2.45) is 0 Å². The van der Waals surface area contributed by atoms with Crippen LogP contribution in [0.3, 0.4) is 0 Å². The van der Waals surface area contributed by atoms with Crippen molar-refractivity contribution in [2.45, 2.75) is 13.5 Å². The molecule has 0 amide bonds. The molecule has 0 aromatic carbocycles. The highest BCUT2D eigenvalue weighted by Gasteiger charge is 2.07. The Bertz CT molecular complexity index is 474. The van der Waals surface area contributed by atoms with Crippen molar-refractivity contribution in [2.75, 3.05) is 11.9 Å². The smallest absolute Gasteiger partial charge is 0.237 e. The molecule has 0 unspecified atom stereocenters. The summed E-state index contributed by atoms with van der Waals surface area (Å²) in [6.45, 7) is 2.98. The number of nitrogens with zero attached hydrogens (tertiary/aromatic N) is 2. The lowest BCUT2D eigenvalue weighted by molar-refractivity contribution is 0.260. The van der Waals surface area contributed by atoms with Crippen LogP contribution >= 0.6 is 11.6 Å². The molecule has 0 aliphatic heterocycles. The Labute approximate surface area is 104 Å². The van der Waals surface area contributed by atoms with Gasteiger partial charge in [0.2, 0.25) is 11.8 Å². The maximum atomic E-state index is 5.93. The molecule has 17 heavy (non-hydrogen) atoms. The molecule has 2 aromatic rings. The Morgan fingerprint density at radius 3 is 3.12 bits per heavy atom. The van der Waals surface area contributed by atoms with E-state index in [0.717, 1.165) is 6.54 Å². The summed E-state index contributed by atoms with van der Waals surface area (Å²) in [5.74, 6) is 1.55.